The molecule has 6 heteroatoms. The van der Waals surface area contributed by atoms with E-state index in [4.69, 9.17) is 5.73 Å². The van der Waals surface area contributed by atoms with Crippen molar-refractivity contribution in [1.29, 1.82) is 0 Å². The molecular weight excluding hydrogens is 330 g/mol. The van der Waals surface area contributed by atoms with Crippen LogP contribution in [0.15, 0.2) is 35.7 Å². The molecule has 2 unspecified atom stereocenters. The largest absolute Gasteiger partial charge is 0.354 e. The Morgan fingerprint density at radius 2 is 2.04 bits per heavy atom. The second-order valence-electron chi connectivity index (χ2n) is 5.46. The number of nitrogens with one attached hydrogen (secondary N) is 1. The maximum absolute atomic E-state index is 11.9. The zero-order valence-corrected chi connectivity index (χ0v) is 15.1. The standard InChI is InChI=1S/C17H23N3OS.ClH/c1-3-12(2)15(18)16(21)19-10-9-14-11-22-17(20-14)13-7-5-4-6-8-13;/h4-8,11-12,15H,3,9-10,18H2,1-2H3,(H,19,21);1H. The number of rotatable bonds is 7. The van der Waals surface area contributed by atoms with Gasteiger partial charge in [0.2, 0.25) is 5.91 Å². The molecule has 1 aromatic heterocycles. The number of carbonyl (C=O) groups excluding carboxylic acids is 1. The number of hydrogen-bond donors (Lipinski definition) is 2. The van der Waals surface area contributed by atoms with Gasteiger partial charge in [-0.2, -0.15) is 0 Å². The fourth-order valence-corrected chi connectivity index (χ4v) is 2.94. The van der Waals surface area contributed by atoms with E-state index >= 15 is 0 Å². The van der Waals surface area contributed by atoms with E-state index in [0.717, 1.165) is 29.1 Å². The zero-order valence-electron chi connectivity index (χ0n) is 13.5. The molecule has 0 bridgehead atoms. The second-order valence-corrected chi connectivity index (χ2v) is 6.32. The second kappa shape index (κ2) is 9.65. The molecule has 2 atom stereocenters. The highest BCUT2D eigenvalue weighted by Crippen LogP contribution is 2.23. The fraction of sp³-hybridized carbons (Fsp3) is 0.412. The van der Waals surface area contributed by atoms with Gasteiger partial charge >= 0.3 is 0 Å². The number of carbonyl (C=O) groups is 1. The molecule has 0 radical (unpaired) electrons. The molecule has 2 aromatic rings. The van der Waals surface area contributed by atoms with Gasteiger partial charge in [0.1, 0.15) is 5.01 Å². The molecule has 0 aliphatic heterocycles. The molecule has 4 nitrogen and oxygen atoms in total. The first-order valence-corrected chi connectivity index (χ1v) is 8.53. The van der Waals surface area contributed by atoms with Crippen molar-refractivity contribution in [1.82, 2.24) is 10.3 Å². The Labute approximate surface area is 147 Å². The lowest BCUT2D eigenvalue weighted by Gasteiger charge is -2.17. The first kappa shape index (κ1) is 19.6. The first-order chi connectivity index (χ1) is 10.6. The van der Waals surface area contributed by atoms with Crippen LogP contribution in [-0.2, 0) is 11.2 Å². The molecule has 0 fully saturated rings. The summed E-state index contributed by atoms with van der Waals surface area (Å²) in [7, 11) is 0. The van der Waals surface area contributed by atoms with Crippen molar-refractivity contribution in [3.8, 4) is 10.6 Å². The topological polar surface area (TPSA) is 68.0 Å². The molecule has 0 saturated carbocycles. The molecular formula is C17H24ClN3OS. The number of halogens is 1. The lowest BCUT2D eigenvalue weighted by atomic mass is 9.99. The minimum Gasteiger partial charge on any atom is -0.354 e. The molecule has 1 amide bonds. The van der Waals surface area contributed by atoms with Crippen molar-refractivity contribution in [2.75, 3.05) is 6.54 Å². The number of nitrogens with two attached hydrogens (primary N) is 1. The van der Waals surface area contributed by atoms with Crippen LogP contribution >= 0.6 is 23.7 Å². The van der Waals surface area contributed by atoms with Gasteiger partial charge in [-0.3, -0.25) is 4.79 Å². The highest BCUT2D eigenvalue weighted by Gasteiger charge is 2.18. The van der Waals surface area contributed by atoms with Gasteiger partial charge in [0, 0.05) is 23.9 Å². The maximum atomic E-state index is 11.9. The van der Waals surface area contributed by atoms with Crippen LogP contribution in [0.3, 0.4) is 0 Å². The van der Waals surface area contributed by atoms with Crippen molar-refractivity contribution in [2.45, 2.75) is 32.7 Å². The smallest absolute Gasteiger partial charge is 0.237 e. The van der Waals surface area contributed by atoms with Crippen molar-refractivity contribution in [2.24, 2.45) is 11.7 Å². The van der Waals surface area contributed by atoms with Crippen molar-refractivity contribution < 1.29 is 4.79 Å². The Balaban J connectivity index is 0.00000264. The molecule has 3 N–H and O–H groups in total. The predicted molar refractivity (Wildman–Crippen MR) is 98.9 cm³/mol. The van der Waals surface area contributed by atoms with E-state index in [9.17, 15) is 4.79 Å². The Morgan fingerprint density at radius 1 is 1.35 bits per heavy atom. The highest BCUT2D eigenvalue weighted by atomic mass is 35.5. The summed E-state index contributed by atoms with van der Waals surface area (Å²) in [6.07, 6.45) is 1.63. The number of aromatic nitrogens is 1. The molecule has 126 valence electrons. The summed E-state index contributed by atoms with van der Waals surface area (Å²) in [5.74, 6) is 0.122. The van der Waals surface area contributed by atoms with E-state index < -0.39 is 6.04 Å². The first-order valence-electron chi connectivity index (χ1n) is 7.65. The predicted octanol–water partition coefficient (Wildman–Crippen LogP) is 3.26. The number of nitrogens with zero attached hydrogens (tertiary/aromatic N) is 1. The SMILES string of the molecule is CCC(C)C(N)C(=O)NCCc1csc(-c2ccccc2)n1.Cl. The Bertz CT molecular complexity index is 603. The average Bonchev–Trinajstić information content (AvgIpc) is 3.03. The van der Waals surface area contributed by atoms with Crippen LogP contribution in [0, 0.1) is 5.92 Å². The molecule has 2 rings (SSSR count). The summed E-state index contributed by atoms with van der Waals surface area (Å²) in [4.78, 5) is 16.5. The minimum absolute atomic E-state index is 0. The summed E-state index contributed by atoms with van der Waals surface area (Å²) >= 11 is 1.63. The van der Waals surface area contributed by atoms with Crippen molar-refractivity contribution in [3.63, 3.8) is 0 Å². The van der Waals surface area contributed by atoms with Crippen LogP contribution in [0.5, 0.6) is 0 Å². The van der Waals surface area contributed by atoms with Gasteiger partial charge in [-0.15, -0.1) is 23.7 Å². The van der Waals surface area contributed by atoms with Gasteiger partial charge in [0.05, 0.1) is 11.7 Å². The van der Waals surface area contributed by atoms with E-state index in [1.54, 1.807) is 11.3 Å². The fourth-order valence-electron chi connectivity index (χ4n) is 2.08. The highest BCUT2D eigenvalue weighted by molar-refractivity contribution is 7.13. The Kier molecular flexibility index (Phi) is 8.23. The van der Waals surface area contributed by atoms with E-state index in [2.05, 4.69) is 22.4 Å². The summed E-state index contributed by atoms with van der Waals surface area (Å²) in [5, 5.41) is 5.95. The average molecular weight is 354 g/mol. The van der Waals surface area contributed by atoms with E-state index in [-0.39, 0.29) is 24.2 Å². The molecule has 0 aliphatic rings. The van der Waals surface area contributed by atoms with Gasteiger partial charge < -0.3 is 11.1 Å². The molecule has 1 heterocycles. The number of amides is 1. The molecule has 0 spiro atoms. The van der Waals surface area contributed by atoms with Crippen LogP contribution in [0.25, 0.3) is 10.6 Å². The van der Waals surface area contributed by atoms with E-state index in [0.29, 0.717) is 6.54 Å². The number of hydrogen-bond acceptors (Lipinski definition) is 4. The number of benzene rings is 1. The molecule has 0 aliphatic carbocycles. The van der Waals surface area contributed by atoms with Crippen LogP contribution in [0.4, 0.5) is 0 Å². The Morgan fingerprint density at radius 3 is 2.70 bits per heavy atom. The van der Waals surface area contributed by atoms with Crippen LogP contribution < -0.4 is 11.1 Å². The maximum Gasteiger partial charge on any atom is 0.237 e. The van der Waals surface area contributed by atoms with E-state index in [1.165, 1.54) is 0 Å². The quantitative estimate of drug-likeness (QED) is 0.802. The minimum atomic E-state index is -0.430. The van der Waals surface area contributed by atoms with Gasteiger partial charge in [0.25, 0.3) is 0 Å². The molecule has 1 aromatic carbocycles. The lowest BCUT2D eigenvalue weighted by molar-refractivity contribution is -0.123. The normalized spacial score (nSPS) is 13.0. The zero-order chi connectivity index (χ0) is 15.9. The van der Waals surface area contributed by atoms with Gasteiger partial charge in [-0.25, -0.2) is 4.98 Å². The van der Waals surface area contributed by atoms with Crippen LogP contribution in [0.2, 0.25) is 0 Å². The van der Waals surface area contributed by atoms with Crippen LogP contribution in [-0.4, -0.2) is 23.5 Å². The summed E-state index contributed by atoms with van der Waals surface area (Å²) in [6.45, 7) is 4.61. The lowest BCUT2D eigenvalue weighted by Crippen LogP contribution is -2.45. The third-order valence-electron chi connectivity index (χ3n) is 3.81. The van der Waals surface area contributed by atoms with Gasteiger partial charge in [-0.1, -0.05) is 50.6 Å². The molecule has 23 heavy (non-hydrogen) atoms. The van der Waals surface area contributed by atoms with Gasteiger partial charge in [-0.05, 0) is 5.92 Å². The van der Waals surface area contributed by atoms with Gasteiger partial charge in [0.15, 0.2) is 0 Å². The summed E-state index contributed by atoms with van der Waals surface area (Å²) < 4.78 is 0. The molecule has 0 saturated heterocycles. The van der Waals surface area contributed by atoms with Crippen molar-refractivity contribution in [3.05, 3.63) is 41.4 Å². The third kappa shape index (κ3) is 5.61. The Hall–Kier alpha value is -1.43. The summed E-state index contributed by atoms with van der Waals surface area (Å²) in [6, 6.07) is 9.68. The number of thiazole rings is 1. The van der Waals surface area contributed by atoms with Crippen LogP contribution in [0.1, 0.15) is 26.0 Å². The summed E-state index contributed by atoms with van der Waals surface area (Å²) in [5.41, 5.74) is 8.03. The monoisotopic (exact) mass is 353 g/mol. The third-order valence-corrected chi connectivity index (χ3v) is 4.75. The van der Waals surface area contributed by atoms with Crippen molar-refractivity contribution >= 4 is 29.7 Å². The van der Waals surface area contributed by atoms with E-state index in [1.807, 2.05) is 37.4 Å².